The van der Waals surface area contributed by atoms with Gasteiger partial charge in [-0.3, -0.25) is 9.29 Å². The third kappa shape index (κ3) is 4.61. The predicted octanol–water partition coefficient (Wildman–Crippen LogP) is 3.86. The van der Waals surface area contributed by atoms with Crippen LogP contribution in [0, 0.1) is 12.7 Å². The summed E-state index contributed by atoms with van der Waals surface area (Å²) in [6.07, 6.45) is 3.68. The first-order chi connectivity index (χ1) is 17.8. The first kappa shape index (κ1) is 24.7. The van der Waals surface area contributed by atoms with Crippen molar-refractivity contribution < 1.29 is 26.7 Å². The number of ether oxygens (including phenoxy) is 2. The number of sulfonamides is 1. The summed E-state index contributed by atoms with van der Waals surface area (Å²) in [5.41, 5.74) is 0.393. The van der Waals surface area contributed by atoms with Crippen LogP contribution in [0.5, 0.6) is 11.5 Å². The van der Waals surface area contributed by atoms with E-state index in [1.165, 1.54) is 18.8 Å². The fourth-order valence-electron chi connectivity index (χ4n) is 4.64. The second-order valence-electron chi connectivity index (χ2n) is 8.59. The molecule has 2 atom stereocenters. The zero-order valence-corrected chi connectivity index (χ0v) is 21.2. The van der Waals surface area contributed by atoms with Gasteiger partial charge in [0.05, 0.1) is 31.9 Å². The van der Waals surface area contributed by atoms with Gasteiger partial charge in [-0.2, -0.15) is 0 Å². The minimum Gasteiger partial charge on any atom is -0.494 e. The van der Waals surface area contributed by atoms with E-state index in [0.29, 0.717) is 48.0 Å². The Labute approximate surface area is 212 Å². The van der Waals surface area contributed by atoms with Gasteiger partial charge in [0.1, 0.15) is 28.8 Å². The van der Waals surface area contributed by atoms with Crippen LogP contribution in [0.3, 0.4) is 0 Å². The molecule has 194 valence electrons. The molecule has 0 bridgehead atoms. The Morgan fingerprint density at radius 2 is 1.76 bits per heavy atom. The molecule has 0 spiro atoms. The normalized spacial score (nSPS) is 17.6. The van der Waals surface area contributed by atoms with Crippen molar-refractivity contribution in [2.75, 3.05) is 18.9 Å². The average molecular weight is 529 g/mol. The summed E-state index contributed by atoms with van der Waals surface area (Å²) in [7, 11) is -1.02. The minimum absolute atomic E-state index is 0.0717. The van der Waals surface area contributed by atoms with Crippen LogP contribution in [0.4, 0.5) is 10.3 Å². The Hall–Kier alpha value is -4.00. The molecule has 0 amide bonds. The van der Waals surface area contributed by atoms with Crippen molar-refractivity contribution in [3.05, 3.63) is 60.1 Å². The van der Waals surface area contributed by atoms with Crippen LogP contribution in [0.1, 0.15) is 36.8 Å². The van der Waals surface area contributed by atoms with Gasteiger partial charge in [-0.05, 0) is 44.0 Å². The lowest BCUT2D eigenvalue weighted by Crippen LogP contribution is -2.31. The number of para-hydroxylation sites is 1. The van der Waals surface area contributed by atoms with Gasteiger partial charge in [0.25, 0.3) is 0 Å². The molecular weight excluding hydrogens is 503 g/mol. The van der Waals surface area contributed by atoms with Gasteiger partial charge in [-0.15, -0.1) is 10.2 Å². The van der Waals surface area contributed by atoms with Crippen LogP contribution in [0.2, 0.25) is 0 Å². The number of methoxy groups -OCH3 is 2. The number of nitrogens with one attached hydrogen (secondary N) is 1. The molecule has 3 heterocycles. The molecule has 37 heavy (non-hydrogen) atoms. The average Bonchev–Trinajstić information content (AvgIpc) is 3.64. The smallest absolute Gasteiger partial charge is 0.243 e. The lowest BCUT2D eigenvalue weighted by atomic mass is 10.1. The third-order valence-electron chi connectivity index (χ3n) is 6.31. The van der Waals surface area contributed by atoms with Crippen LogP contribution in [0.15, 0.2) is 47.1 Å². The number of benzene rings is 1. The number of furan rings is 1. The number of halogens is 1. The van der Waals surface area contributed by atoms with Gasteiger partial charge in [0.2, 0.25) is 21.8 Å². The van der Waals surface area contributed by atoms with Gasteiger partial charge in [-0.25, -0.2) is 22.8 Å². The monoisotopic (exact) mass is 528 g/mol. The number of aromatic nitrogens is 5. The van der Waals surface area contributed by atoms with Gasteiger partial charge < -0.3 is 13.9 Å². The first-order valence-electron chi connectivity index (χ1n) is 11.5. The summed E-state index contributed by atoms with van der Waals surface area (Å²) in [6.45, 7) is 1.79. The van der Waals surface area contributed by atoms with Crippen LogP contribution >= 0.6 is 0 Å². The van der Waals surface area contributed by atoms with E-state index in [4.69, 9.17) is 13.9 Å². The standard InChI is InChI=1S/C24H25FN6O5S/c1-14-10-11-19(36-14)23-28-29-24(31(23)21-17(34-2)7-5-8-18(21)35-3)30-37(32,33)20-9-4-6-16(20)22-26-12-15(25)13-27-22/h5,7-8,10-13,16,20H,4,6,9H2,1-3H3,(H,29,30). The Bertz CT molecular complexity index is 1500. The maximum atomic E-state index is 13.7. The number of aryl methyl sites for hydroxylation is 1. The van der Waals surface area contributed by atoms with Crippen molar-refractivity contribution in [3.63, 3.8) is 0 Å². The van der Waals surface area contributed by atoms with Crippen molar-refractivity contribution >= 4 is 16.0 Å². The zero-order chi connectivity index (χ0) is 26.2. The Morgan fingerprint density at radius 1 is 1.05 bits per heavy atom. The topological polar surface area (TPSA) is 134 Å². The second-order valence-corrected chi connectivity index (χ2v) is 10.5. The molecule has 3 aromatic heterocycles. The summed E-state index contributed by atoms with van der Waals surface area (Å²) in [4.78, 5) is 8.06. The Balaban J connectivity index is 1.60. The molecule has 0 saturated heterocycles. The molecular formula is C24H25FN6O5S. The minimum atomic E-state index is -4.01. The van der Waals surface area contributed by atoms with Gasteiger partial charge >= 0.3 is 0 Å². The lowest BCUT2D eigenvalue weighted by Gasteiger charge is -2.21. The fourth-order valence-corrected chi connectivity index (χ4v) is 6.34. The number of nitrogens with zero attached hydrogens (tertiary/aromatic N) is 5. The van der Waals surface area contributed by atoms with E-state index in [-0.39, 0.29) is 17.6 Å². The summed E-state index contributed by atoms with van der Waals surface area (Å²) < 4.78 is 61.8. The lowest BCUT2D eigenvalue weighted by molar-refractivity contribution is 0.391. The highest BCUT2D eigenvalue weighted by Gasteiger charge is 2.41. The number of rotatable bonds is 8. The molecule has 1 aromatic carbocycles. The summed E-state index contributed by atoms with van der Waals surface area (Å²) >= 11 is 0. The van der Waals surface area contributed by atoms with Crippen molar-refractivity contribution in [2.24, 2.45) is 0 Å². The van der Waals surface area contributed by atoms with Crippen molar-refractivity contribution in [1.29, 1.82) is 0 Å². The van der Waals surface area contributed by atoms with Crippen molar-refractivity contribution in [2.45, 2.75) is 37.4 Å². The largest absolute Gasteiger partial charge is 0.494 e. The highest BCUT2D eigenvalue weighted by molar-refractivity contribution is 7.93. The summed E-state index contributed by atoms with van der Waals surface area (Å²) in [5.74, 6) is 1.21. The highest BCUT2D eigenvalue weighted by atomic mass is 32.2. The molecule has 2 unspecified atom stereocenters. The number of hydrogen-bond acceptors (Lipinski definition) is 9. The predicted molar refractivity (Wildman–Crippen MR) is 132 cm³/mol. The van der Waals surface area contributed by atoms with Gasteiger partial charge in [0, 0.05) is 5.92 Å². The van der Waals surface area contributed by atoms with E-state index in [9.17, 15) is 12.8 Å². The van der Waals surface area contributed by atoms with Crippen LogP contribution in [-0.2, 0) is 10.0 Å². The quantitative estimate of drug-likeness (QED) is 0.362. The molecule has 1 aliphatic rings. The molecule has 13 heteroatoms. The first-order valence-corrected chi connectivity index (χ1v) is 13.1. The molecule has 0 aliphatic heterocycles. The zero-order valence-electron chi connectivity index (χ0n) is 20.4. The second kappa shape index (κ2) is 9.81. The van der Waals surface area contributed by atoms with Crippen molar-refractivity contribution in [3.8, 4) is 28.8 Å². The maximum absolute atomic E-state index is 13.7. The van der Waals surface area contributed by atoms with Crippen LogP contribution < -0.4 is 14.2 Å². The molecule has 0 radical (unpaired) electrons. The SMILES string of the molecule is COc1cccc(OC)c1-n1c(NS(=O)(=O)C2CCCC2c2ncc(F)cn2)nnc1-c1ccc(C)o1. The molecule has 1 N–H and O–H groups in total. The van der Waals surface area contributed by atoms with E-state index in [2.05, 4.69) is 24.9 Å². The molecule has 11 nitrogen and oxygen atoms in total. The molecule has 1 saturated carbocycles. The molecule has 5 rings (SSSR count). The number of anilines is 1. The van der Waals surface area contributed by atoms with E-state index in [0.717, 1.165) is 12.4 Å². The van der Waals surface area contributed by atoms with Gasteiger partial charge in [0.15, 0.2) is 11.6 Å². The molecule has 1 aliphatic carbocycles. The van der Waals surface area contributed by atoms with E-state index >= 15 is 0 Å². The van der Waals surface area contributed by atoms with E-state index < -0.39 is 27.0 Å². The fraction of sp³-hybridized carbons (Fsp3) is 0.333. The highest BCUT2D eigenvalue weighted by Crippen LogP contribution is 2.40. The third-order valence-corrected chi connectivity index (χ3v) is 8.13. The Kier molecular flexibility index (Phi) is 6.54. The molecule has 1 fully saturated rings. The van der Waals surface area contributed by atoms with Gasteiger partial charge in [-0.1, -0.05) is 12.5 Å². The van der Waals surface area contributed by atoms with Crippen molar-refractivity contribution in [1.82, 2.24) is 24.7 Å². The maximum Gasteiger partial charge on any atom is 0.243 e. The Morgan fingerprint density at radius 3 is 2.38 bits per heavy atom. The summed E-state index contributed by atoms with van der Waals surface area (Å²) in [6, 6.07) is 8.66. The van der Waals surface area contributed by atoms with E-state index in [1.807, 2.05) is 0 Å². The van der Waals surface area contributed by atoms with Crippen LogP contribution in [0.25, 0.3) is 17.3 Å². The summed E-state index contributed by atoms with van der Waals surface area (Å²) in [5, 5.41) is 7.56. The van der Waals surface area contributed by atoms with Crippen LogP contribution in [-0.4, -0.2) is 52.6 Å². The van der Waals surface area contributed by atoms with E-state index in [1.54, 1.807) is 37.3 Å². The molecule has 4 aromatic rings. The number of hydrogen-bond donors (Lipinski definition) is 1.